The van der Waals surface area contributed by atoms with Crippen LogP contribution in [0, 0.1) is 0 Å². The standard InChI is InChI=1S/C42H40Cl2N6S.C2HF3O2/c43-33-11-13-35-37(17-23-49-39(35)25-33)47-21-1-19-45-27-29-3-7-31(8-4-29)41-15-16-42(51-41)32-9-5-30(6-10-32)28-46-20-2-22-48-38-18-24-50-40-26-34(44)12-14-36(38)40;3-2(4,5)1(6)7/h3-18,23-26,45-46H,1-2,19-22,27-28H2,(H,47,49)(H,48,50);(H,6,7). The number of anilines is 2. The number of hydrogen-bond donors (Lipinski definition) is 5. The van der Waals surface area contributed by atoms with Gasteiger partial charge in [0.05, 0.1) is 11.0 Å². The fourth-order valence-electron chi connectivity index (χ4n) is 6.11. The zero-order chi connectivity index (χ0) is 40.9. The lowest BCUT2D eigenvalue weighted by Gasteiger charge is -2.10. The van der Waals surface area contributed by atoms with Gasteiger partial charge in [-0.3, -0.25) is 9.97 Å². The number of aromatic nitrogens is 2. The molecule has 0 aliphatic heterocycles. The minimum absolute atomic E-state index is 0.704. The number of benzene rings is 4. The fraction of sp³-hybridized carbons (Fsp3) is 0.205. The Balaban J connectivity index is 0.000000743. The zero-order valence-electron chi connectivity index (χ0n) is 31.3. The topological polar surface area (TPSA) is 111 Å². The maximum atomic E-state index is 10.6. The van der Waals surface area contributed by atoms with Crippen LogP contribution >= 0.6 is 34.5 Å². The summed E-state index contributed by atoms with van der Waals surface area (Å²) in [6, 6.07) is 38.0. The van der Waals surface area contributed by atoms with Crippen LogP contribution in [0.25, 0.3) is 42.7 Å². The van der Waals surface area contributed by atoms with Gasteiger partial charge in [0, 0.05) is 80.5 Å². The van der Waals surface area contributed by atoms with Crippen LogP contribution < -0.4 is 21.3 Å². The highest BCUT2D eigenvalue weighted by Gasteiger charge is 2.38. The van der Waals surface area contributed by atoms with Crippen LogP contribution in [0.1, 0.15) is 24.0 Å². The van der Waals surface area contributed by atoms with Crippen molar-refractivity contribution in [1.82, 2.24) is 20.6 Å². The molecule has 0 amide bonds. The second-order valence-electron chi connectivity index (χ2n) is 13.3. The van der Waals surface area contributed by atoms with E-state index in [1.54, 1.807) is 0 Å². The van der Waals surface area contributed by atoms with Crippen LogP contribution in [0.2, 0.25) is 10.0 Å². The number of rotatable bonds is 16. The van der Waals surface area contributed by atoms with E-state index in [0.717, 1.165) is 85.3 Å². The second kappa shape index (κ2) is 20.4. The minimum atomic E-state index is -5.08. The molecule has 0 spiro atoms. The van der Waals surface area contributed by atoms with Gasteiger partial charge in [-0.1, -0.05) is 71.7 Å². The number of carboxylic acids is 1. The van der Waals surface area contributed by atoms with E-state index in [1.807, 2.05) is 72.3 Å². The van der Waals surface area contributed by atoms with Gasteiger partial charge < -0.3 is 26.4 Å². The molecule has 7 aromatic rings. The molecule has 3 heterocycles. The minimum Gasteiger partial charge on any atom is -0.475 e. The number of nitrogens with zero attached hydrogens (tertiary/aromatic N) is 2. The van der Waals surface area contributed by atoms with Gasteiger partial charge in [-0.25, -0.2) is 4.79 Å². The van der Waals surface area contributed by atoms with E-state index in [4.69, 9.17) is 33.1 Å². The molecule has 0 bridgehead atoms. The van der Waals surface area contributed by atoms with Crippen LogP contribution in [0.15, 0.2) is 122 Å². The van der Waals surface area contributed by atoms with Crippen LogP contribution in [0.4, 0.5) is 24.5 Å². The van der Waals surface area contributed by atoms with E-state index in [9.17, 15) is 13.2 Å². The molecule has 0 fully saturated rings. The molecule has 0 saturated carbocycles. The van der Waals surface area contributed by atoms with Gasteiger partial charge in [-0.05, 0) is 109 Å². The molecule has 4 aromatic carbocycles. The van der Waals surface area contributed by atoms with Crippen LogP contribution in [-0.4, -0.2) is 53.4 Å². The van der Waals surface area contributed by atoms with E-state index in [2.05, 4.69) is 91.9 Å². The normalized spacial score (nSPS) is 11.3. The monoisotopic (exact) mass is 844 g/mol. The molecule has 7 rings (SSSR count). The SMILES string of the molecule is Clc1ccc2c(NCCCNCc3ccc(-c4ccc(-c5ccc(CNCCCNc6ccnc7cc(Cl)ccc67)cc5)s4)cc3)ccnc2c1.O=C(O)C(F)(F)F. The van der Waals surface area contributed by atoms with Crippen molar-refractivity contribution < 1.29 is 23.1 Å². The summed E-state index contributed by atoms with van der Waals surface area (Å²) >= 11 is 14.1. The second-order valence-corrected chi connectivity index (χ2v) is 15.3. The maximum absolute atomic E-state index is 10.6. The first-order valence-corrected chi connectivity index (χ1v) is 20.2. The van der Waals surface area contributed by atoms with E-state index < -0.39 is 12.1 Å². The molecule has 3 aromatic heterocycles. The van der Waals surface area contributed by atoms with Gasteiger partial charge in [-0.2, -0.15) is 13.2 Å². The van der Waals surface area contributed by atoms with Crippen LogP contribution in [0.5, 0.6) is 0 Å². The number of pyridine rings is 2. The Bertz CT molecular complexity index is 2270. The maximum Gasteiger partial charge on any atom is 0.490 e. The van der Waals surface area contributed by atoms with Gasteiger partial charge >= 0.3 is 12.1 Å². The molecule has 0 aliphatic carbocycles. The smallest absolute Gasteiger partial charge is 0.475 e. The quantitative estimate of drug-likeness (QED) is 0.0612. The first-order chi connectivity index (χ1) is 28.0. The molecule has 8 nitrogen and oxygen atoms in total. The zero-order valence-corrected chi connectivity index (χ0v) is 33.6. The average Bonchev–Trinajstić information content (AvgIpc) is 3.71. The molecule has 14 heteroatoms. The first kappa shape index (κ1) is 42.4. The summed E-state index contributed by atoms with van der Waals surface area (Å²) in [5.41, 5.74) is 9.07. The number of halogens is 5. The van der Waals surface area contributed by atoms with Crippen molar-refractivity contribution in [2.75, 3.05) is 36.8 Å². The van der Waals surface area contributed by atoms with Gasteiger partial charge in [0.1, 0.15) is 0 Å². The Labute approximate surface area is 348 Å². The van der Waals surface area contributed by atoms with E-state index in [1.165, 1.54) is 32.0 Å². The van der Waals surface area contributed by atoms with Gasteiger partial charge in [0.25, 0.3) is 0 Å². The number of hydrogen-bond acceptors (Lipinski definition) is 8. The highest BCUT2D eigenvalue weighted by atomic mass is 35.5. The average molecular weight is 846 g/mol. The molecular formula is C44H41Cl2F3N6O2S. The third-order valence-electron chi connectivity index (χ3n) is 9.08. The summed E-state index contributed by atoms with van der Waals surface area (Å²) in [5, 5.41) is 24.9. The van der Waals surface area contributed by atoms with Crippen LogP contribution in [0.3, 0.4) is 0 Å². The molecule has 5 N–H and O–H groups in total. The Kier molecular flexibility index (Phi) is 14.9. The van der Waals surface area contributed by atoms with Crippen molar-refractivity contribution in [3.05, 3.63) is 143 Å². The Hall–Kier alpha value is -5.24. The van der Waals surface area contributed by atoms with Crippen molar-refractivity contribution >= 4 is 73.7 Å². The lowest BCUT2D eigenvalue weighted by atomic mass is 10.1. The molecular weight excluding hydrogens is 804 g/mol. The molecule has 0 saturated heterocycles. The molecule has 0 radical (unpaired) electrons. The highest BCUT2D eigenvalue weighted by molar-refractivity contribution is 7.18. The summed E-state index contributed by atoms with van der Waals surface area (Å²) in [4.78, 5) is 20.3. The summed E-state index contributed by atoms with van der Waals surface area (Å²) in [5.74, 6) is -2.76. The third kappa shape index (κ3) is 12.1. The summed E-state index contributed by atoms with van der Waals surface area (Å²) in [6.45, 7) is 5.34. The number of fused-ring (bicyclic) bond motifs is 2. The number of carbonyl (C=O) groups is 1. The first-order valence-electron chi connectivity index (χ1n) is 18.6. The summed E-state index contributed by atoms with van der Waals surface area (Å²) in [6.07, 6.45) is 0.599. The Morgan fingerprint density at radius 1 is 0.603 bits per heavy atom. The third-order valence-corrected chi connectivity index (χ3v) is 10.7. The largest absolute Gasteiger partial charge is 0.490 e. The molecule has 300 valence electrons. The molecule has 0 atom stereocenters. The number of nitrogens with one attached hydrogen (secondary N) is 4. The van der Waals surface area contributed by atoms with Gasteiger partial charge in [0.15, 0.2) is 0 Å². The van der Waals surface area contributed by atoms with Crippen molar-refractivity contribution in [2.45, 2.75) is 32.1 Å². The molecule has 0 unspecified atom stereocenters. The van der Waals surface area contributed by atoms with Gasteiger partial charge in [-0.15, -0.1) is 11.3 Å². The number of alkyl halides is 3. The lowest BCUT2D eigenvalue weighted by Crippen LogP contribution is -2.21. The van der Waals surface area contributed by atoms with E-state index in [0.29, 0.717) is 10.0 Å². The molecule has 0 aliphatic rings. The predicted molar refractivity (Wildman–Crippen MR) is 232 cm³/mol. The van der Waals surface area contributed by atoms with Crippen molar-refractivity contribution in [3.8, 4) is 20.9 Å². The van der Waals surface area contributed by atoms with Crippen molar-refractivity contribution in [2.24, 2.45) is 0 Å². The number of carboxylic acid groups (broad SMARTS) is 1. The summed E-state index contributed by atoms with van der Waals surface area (Å²) < 4.78 is 31.7. The number of aliphatic carboxylic acids is 1. The highest BCUT2D eigenvalue weighted by Crippen LogP contribution is 2.35. The lowest BCUT2D eigenvalue weighted by molar-refractivity contribution is -0.192. The fourth-order valence-corrected chi connectivity index (χ4v) is 7.46. The van der Waals surface area contributed by atoms with Crippen molar-refractivity contribution in [3.63, 3.8) is 0 Å². The molecule has 58 heavy (non-hydrogen) atoms. The van der Waals surface area contributed by atoms with Gasteiger partial charge in [0.2, 0.25) is 0 Å². The summed E-state index contributed by atoms with van der Waals surface area (Å²) in [7, 11) is 0. The van der Waals surface area contributed by atoms with E-state index >= 15 is 0 Å². The Morgan fingerprint density at radius 3 is 1.41 bits per heavy atom. The predicted octanol–water partition coefficient (Wildman–Crippen LogP) is 11.3. The van der Waals surface area contributed by atoms with Crippen LogP contribution in [-0.2, 0) is 17.9 Å². The number of thiophene rings is 1. The van der Waals surface area contributed by atoms with E-state index in [-0.39, 0.29) is 0 Å². The Morgan fingerprint density at radius 2 is 1.02 bits per heavy atom. The van der Waals surface area contributed by atoms with Crippen molar-refractivity contribution in [1.29, 1.82) is 0 Å².